The minimum atomic E-state index is 0.284. The molecule has 4 nitrogen and oxygen atoms in total. The molecular formula is C21H35N3O. The number of piperidine rings is 1. The van der Waals surface area contributed by atoms with E-state index in [0.717, 1.165) is 32.6 Å². The van der Waals surface area contributed by atoms with Crippen LogP contribution in [0.3, 0.4) is 0 Å². The Balaban J connectivity index is 0.00000109. The van der Waals surface area contributed by atoms with Gasteiger partial charge in [-0.3, -0.25) is 4.79 Å². The van der Waals surface area contributed by atoms with Gasteiger partial charge < -0.3 is 14.7 Å². The first-order chi connectivity index (χ1) is 12.0. The minimum absolute atomic E-state index is 0.284. The molecule has 0 bridgehead atoms. The van der Waals surface area contributed by atoms with E-state index >= 15 is 0 Å². The normalized spacial score (nSPS) is 17.8. The Hall–Kier alpha value is -1.55. The molecule has 0 aliphatic carbocycles. The Kier molecular flexibility index (Phi) is 7.30. The molecule has 0 unspecified atom stereocenters. The summed E-state index contributed by atoms with van der Waals surface area (Å²) in [6.45, 7) is 10.1. The Labute approximate surface area is 153 Å². The SMILES string of the molecule is CC.Cc1ccc(N2CCC(N(C)C)CC2)c(CC(=O)N2CCC2)c1. The van der Waals surface area contributed by atoms with E-state index in [1.807, 2.05) is 18.7 Å². The molecule has 2 saturated heterocycles. The molecule has 2 fully saturated rings. The van der Waals surface area contributed by atoms with Crippen molar-refractivity contribution in [3.8, 4) is 0 Å². The lowest BCUT2D eigenvalue weighted by atomic mass is 9.99. The van der Waals surface area contributed by atoms with E-state index in [1.54, 1.807) is 0 Å². The zero-order chi connectivity index (χ0) is 18.4. The average molecular weight is 346 g/mol. The lowest BCUT2D eigenvalue weighted by Gasteiger charge is -2.38. The molecule has 4 heteroatoms. The summed E-state index contributed by atoms with van der Waals surface area (Å²) in [7, 11) is 4.34. The molecule has 0 saturated carbocycles. The first-order valence-corrected chi connectivity index (χ1v) is 9.83. The summed E-state index contributed by atoms with van der Waals surface area (Å²) >= 11 is 0. The van der Waals surface area contributed by atoms with Crippen LogP contribution in [0, 0.1) is 6.92 Å². The molecule has 2 aliphatic rings. The van der Waals surface area contributed by atoms with Gasteiger partial charge in [-0.1, -0.05) is 31.5 Å². The largest absolute Gasteiger partial charge is 0.371 e. The summed E-state index contributed by atoms with van der Waals surface area (Å²) in [6, 6.07) is 7.27. The van der Waals surface area contributed by atoms with Gasteiger partial charge in [0.15, 0.2) is 0 Å². The van der Waals surface area contributed by atoms with Gasteiger partial charge in [-0.15, -0.1) is 0 Å². The summed E-state index contributed by atoms with van der Waals surface area (Å²) in [5.41, 5.74) is 3.70. The number of carbonyl (C=O) groups excluding carboxylic acids is 1. The van der Waals surface area contributed by atoms with Crippen molar-refractivity contribution >= 4 is 11.6 Å². The third kappa shape index (κ3) is 4.97. The van der Waals surface area contributed by atoms with Crippen molar-refractivity contribution in [1.82, 2.24) is 9.80 Å². The van der Waals surface area contributed by atoms with E-state index in [-0.39, 0.29) is 5.91 Å². The summed E-state index contributed by atoms with van der Waals surface area (Å²) in [6.07, 6.45) is 4.09. The second kappa shape index (κ2) is 9.23. The number of amides is 1. The fourth-order valence-corrected chi connectivity index (χ4v) is 3.63. The zero-order valence-corrected chi connectivity index (χ0v) is 16.7. The predicted octanol–water partition coefficient (Wildman–Crippen LogP) is 3.33. The van der Waals surface area contributed by atoms with Crippen LogP contribution in [-0.2, 0) is 11.2 Å². The molecule has 1 amide bonds. The highest BCUT2D eigenvalue weighted by Crippen LogP contribution is 2.27. The molecule has 3 rings (SSSR count). The van der Waals surface area contributed by atoms with Gasteiger partial charge in [0.1, 0.15) is 0 Å². The Morgan fingerprint density at radius 3 is 2.28 bits per heavy atom. The molecule has 25 heavy (non-hydrogen) atoms. The number of nitrogens with zero attached hydrogens (tertiary/aromatic N) is 3. The van der Waals surface area contributed by atoms with Gasteiger partial charge in [0, 0.05) is 37.9 Å². The fourth-order valence-electron chi connectivity index (χ4n) is 3.63. The summed E-state index contributed by atoms with van der Waals surface area (Å²) < 4.78 is 0. The molecule has 2 heterocycles. The monoisotopic (exact) mass is 345 g/mol. The van der Waals surface area contributed by atoms with Gasteiger partial charge in [0.25, 0.3) is 0 Å². The number of hydrogen-bond donors (Lipinski definition) is 0. The van der Waals surface area contributed by atoms with Crippen molar-refractivity contribution in [3.05, 3.63) is 29.3 Å². The molecule has 2 aliphatic heterocycles. The summed E-state index contributed by atoms with van der Waals surface area (Å²) in [5, 5.41) is 0. The fraction of sp³-hybridized carbons (Fsp3) is 0.667. The van der Waals surface area contributed by atoms with Gasteiger partial charge >= 0.3 is 0 Å². The Bertz CT molecular complexity index is 558. The number of hydrogen-bond acceptors (Lipinski definition) is 3. The van der Waals surface area contributed by atoms with Gasteiger partial charge in [0.2, 0.25) is 5.91 Å². The van der Waals surface area contributed by atoms with Crippen LogP contribution in [0.25, 0.3) is 0 Å². The van der Waals surface area contributed by atoms with Crippen molar-refractivity contribution in [1.29, 1.82) is 0 Å². The van der Waals surface area contributed by atoms with Crippen molar-refractivity contribution < 1.29 is 4.79 Å². The average Bonchev–Trinajstić information content (AvgIpc) is 2.55. The van der Waals surface area contributed by atoms with Crippen LogP contribution in [-0.4, -0.2) is 62.0 Å². The first-order valence-electron chi connectivity index (χ1n) is 9.83. The van der Waals surface area contributed by atoms with Crippen molar-refractivity contribution in [3.63, 3.8) is 0 Å². The third-order valence-corrected chi connectivity index (χ3v) is 5.32. The second-order valence-corrected chi connectivity index (χ2v) is 7.23. The second-order valence-electron chi connectivity index (χ2n) is 7.23. The van der Waals surface area contributed by atoms with Crippen LogP contribution in [0.4, 0.5) is 5.69 Å². The van der Waals surface area contributed by atoms with Crippen molar-refractivity contribution in [2.75, 3.05) is 45.2 Å². The molecule has 1 aromatic rings. The quantitative estimate of drug-likeness (QED) is 0.837. The topological polar surface area (TPSA) is 26.8 Å². The predicted molar refractivity (Wildman–Crippen MR) is 106 cm³/mol. The third-order valence-electron chi connectivity index (χ3n) is 5.32. The molecule has 1 aromatic carbocycles. The minimum Gasteiger partial charge on any atom is -0.371 e. The molecule has 0 spiro atoms. The van der Waals surface area contributed by atoms with Gasteiger partial charge in [-0.25, -0.2) is 0 Å². The lowest BCUT2D eigenvalue weighted by Crippen LogP contribution is -2.44. The van der Waals surface area contributed by atoms with E-state index in [9.17, 15) is 4.79 Å². The summed E-state index contributed by atoms with van der Waals surface area (Å²) in [5.74, 6) is 0.284. The highest BCUT2D eigenvalue weighted by molar-refractivity contribution is 5.81. The Morgan fingerprint density at radius 2 is 1.76 bits per heavy atom. The van der Waals surface area contributed by atoms with Crippen molar-refractivity contribution in [2.24, 2.45) is 0 Å². The maximum atomic E-state index is 12.4. The number of likely N-dealkylation sites (tertiary alicyclic amines) is 1. The molecule has 0 radical (unpaired) electrons. The number of rotatable bonds is 4. The van der Waals surface area contributed by atoms with Crippen LogP contribution < -0.4 is 4.90 Å². The molecule has 0 N–H and O–H groups in total. The van der Waals surface area contributed by atoms with Gasteiger partial charge in [0.05, 0.1) is 6.42 Å². The molecule has 140 valence electrons. The first kappa shape index (κ1) is 19.8. The highest BCUT2D eigenvalue weighted by Gasteiger charge is 2.25. The van der Waals surface area contributed by atoms with Crippen LogP contribution in [0.15, 0.2) is 18.2 Å². The summed E-state index contributed by atoms with van der Waals surface area (Å²) in [4.78, 5) is 19.2. The number of aryl methyl sites for hydroxylation is 1. The lowest BCUT2D eigenvalue weighted by molar-refractivity contribution is -0.133. The number of carbonyl (C=O) groups is 1. The highest BCUT2D eigenvalue weighted by atomic mass is 16.2. The van der Waals surface area contributed by atoms with Gasteiger partial charge in [-0.05, 0) is 51.9 Å². The zero-order valence-electron chi connectivity index (χ0n) is 16.7. The van der Waals surface area contributed by atoms with Crippen LogP contribution in [0.5, 0.6) is 0 Å². The van der Waals surface area contributed by atoms with E-state index in [1.165, 1.54) is 29.7 Å². The van der Waals surface area contributed by atoms with Gasteiger partial charge in [-0.2, -0.15) is 0 Å². The molecule has 0 atom stereocenters. The maximum absolute atomic E-state index is 12.4. The van der Waals surface area contributed by atoms with Crippen LogP contribution >= 0.6 is 0 Å². The molecule has 0 aromatic heterocycles. The molecular weight excluding hydrogens is 310 g/mol. The maximum Gasteiger partial charge on any atom is 0.227 e. The van der Waals surface area contributed by atoms with E-state index in [4.69, 9.17) is 0 Å². The van der Waals surface area contributed by atoms with E-state index in [0.29, 0.717) is 12.5 Å². The van der Waals surface area contributed by atoms with E-state index in [2.05, 4.69) is 49.0 Å². The van der Waals surface area contributed by atoms with Crippen molar-refractivity contribution in [2.45, 2.75) is 52.5 Å². The Morgan fingerprint density at radius 1 is 1.12 bits per heavy atom. The number of benzene rings is 1. The van der Waals surface area contributed by atoms with Crippen LogP contribution in [0.1, 0.15) is 44.2 Å². The smallest absolute Gasteiger partial charge is 0.227 e. The van der Waals surface area contributed by atoms with Crippen LogP contribution in [0.2, 0.25) is 0 Å². The van der Waals surface area contributed by atoms with E-state index < -0.39 is 0 Å². The number of anilines is 1. The standard InChI is InChI=1S/C19H29N3O.C2H6/c1-15-5-6-18(21-11-7-17(8-12-21)20(2)3)16(13-15)14-19(23)22-9-4-10-22;1-2/h5-6,13,17H,4,7-12,14H2,1-3H3;1-2H3.